The van der Waals surface area contributed by atoms with Crippen molar-refractivity contribution in [2.45, 2.75) is 39.2 Å². The van der Waals surface area contributed by atoms with Gasteiger partial charge in [0.25, 0.3) is 0 Å². The molecule has 2 aromatic heterocycles. The van der Waals surface area contributed by atoms with Gasteiger partial charge in [0.15, 0.2) is 11.2 Å². The number of hydrogen-bond donors (Lipinski definition) is 3. The maximum atomic E-state index is 12.2. The molecule has 1 aromatic carbocycles. The minimum atomic E-state index is -0.419. The van der Waals surface area contributed by atoms with Gasteiger partial charge in [0.1, 0.15) is 0 Å². The molecule has 3 N–H and O–H groups in total. The van der Waals surface area contributed by atoms with Crippen molar-refractivity contribution >= 4 is 38.9 Å². The van der Waals surface area contributed by atoms with E-state index in [-0.39, 0.29) is 18.3 Å². The van der Waals surface area contributed by atoms with Crippen molar-refractivity contribution in [3.8, 4) is 0 Å². The molecule has 1 amide bonds. The largest absolute Gasteiger partial charge is 0.339 e. The van der Waals surface area contributed by atoms with Crippen LogP contribution in [0.1, 0.15) is 31.7 Å². The van der Waals surface area contributed by atoms with Crippen LogP contribution in [0, 0.1) is 0 Å². The lowest BCUT2D eigenvalue weighted by atomic mass is 10.1. The normalized spacial score (nSPS) is 10.9. The van der Waals surface area contributed by atoms with Crippen molar-refractivity contribution in [2.24, 2.45) is 0 Å². The number of nitrogens with one attached hydrogen (secondary N) is 3. The van der Waals surface area contributed by atoms with Crippen molar-refractivity contribution in [1.82, 2.24) is 24.9 Å². The molecule has 0 aliphatic heterocycles. The van der Waals surface area contributed by atoms with Crippen LogP contribution in [0.5, 0.6) is 0 Å². The number of aromatic amines is 1. The number of aromatic nitrogens is 4. The molecule has 0 unspecified atom stereocenters. The fourth-order valence-corrected chi connectivity index (χ4v) is 3.24. The van der Waals surface area contributed by atoms with Gasteiger partial charge in [0.05, 0.1) is 12.7 Å². The molecule has 0 saturated heterocycles. The number of carbonyl (C=O) groups excluding carboxylic acids is 1. The van der Waals surface area contributed by atoms with Crippen molar-refractivity contribution < 1.29 is 4.79 Å². The summed E-state index contributed by atoms with van der Waals surface area (Å²) in [5.74, 6) is 0.0443. The second kappa shape index (κ2) is 8.81. The van der Waals surface area contributed by atoms with Crippen molar-refractivity contribution in [3.05, 3.63) is 51.0 Å². The number of fused-ring (bicyclic) bond motifs is 1. The summed E-state index contributed by atoms with van der Waals surface area (Å²) in [6, 6.07) is 7.53. The van der Waals surface area contributed by atoms with Crippen LogP contribution < -0.4 is 16.4 Å². The molecule has 0 aliphatic rings. The van der Waals surface area contributed by atoms with Gasteiger partial charge in [-0.3, -0.25) is 25.0 Å². The fraction of sp³-hybridized carbons (Fsp3) is 0.333. The van der Waals surface area contributed by atoms with E-state index in [0.29, 0.717) is 17.7 Å². The Balaban J connectivity index is 1.75. The minimum Gasteiger partial charge on any atom is -0.339 e. The van der Waals surface area contributed by atoms with E-state index in [9.17, 15) is 9.59 Å². The maximum Gasteiger partial charge on any atom is 0.300 e. The zero-order valence-electron chi connectivity index (χ0n) is 15.0. The van der Waals surface area contributed by atoms with Crippen LogP contribution in [-0.4, -0.2) is 25.4 Å². The smallest absolute Gasteiger partial charge is 0.300 e. The Labute approximate surface area is 164 Å². The van der Waals surface area contributed by atoms with Gasteiger partial charge in [-0.1, -0.05) is 47.8 Å². The monoisotopic (exact) mass is 432 g/mol. The summed E-state index contributed by atoms with van der Waals surface area (Å²) in [6.07, 6.45) is 4.72. The molecule has 3 rings (SSSR count). The van der Waals surface area contributed by atoms with E-state index in [1.807, 2.05) is 28.8 Å². The highest BCUT2D eigenvalue weighted by atomic mass is 79.9. The summed E-state index contributed by atoms with van der Waals surface area (Å²) in [5, 5.41) is 0. The lowest BCUT2D eigenvalue weighted by molar-refractivity contribution is -0.119. The molecule has 0 radical (unpaired) electrons. The van der Waals surface area contributed by atoms with Gasteiger partial charge in [-0.05, 0) is 24.1 Å². The number of rotatable bonds is 8. The number of aryl methyl sites for hydroxylation is 1. The Morgan fingerprint density at radius 3 is 2.96 bits per heavy atom. The summed E-state index contributed by atoms with van der Waals surface area (Å²) in [4.78, 5) is 35.5. The average Bonchev–Trinajstić information content (AvgIpc) is 3.12. The number of benzene rings is 1. The number of nitrogens with zero attached hydrogens (tertiary/aromatic N) is 3. The van der Waals surface area contributed by atoms with E-state index in [1.165, 1.54) is 6.33 Å². The summed E-state index contributed by atoms with van der Waals surface area (Å²) in [6.45, 7) is 2.77. The second-order valence-electron chi connectivity index (χ2n) is 6.18. The van der Waals surface area contributed by atoms with E-state index >= 15 is 0 Å². The molecular weight excluding hydrogens is 412 g/mol. The number of unbranched alkanes of at least 4 members (excludes halogenated alkanes) is 2. The van der Waals surface area contributed by atoms with Gasteiger partial charge in [-0.25, -0.2) is 4.98 Å². The lowest BCUT2D eigenvalue weighted by Gasteiger charge is -2.15. The van der Waals surface area contributed by atoms with Crippen molar-refractivity contribution in [2.75, 3.05) is 5.43 Å². The van der Waals surface area contributed by atoms with E-state index in [4.69, 9.17) is 0 Å². The first-order valence-electron chi connectivity index (χ1n) is 8.81. The molecule has 0 fully saturated rings. The Hall–Kier alpha value is -2.68. The third kappa shape index (κ3) is 4.73. The molecule has 0 saturated carbocycles. The Bertz CT molecular complexity index is 997. The molecule has 3 aromatic rings. The van der Waals surface area contributed by atoms with Crippen LogP contribution >= 0.6 is 15.9 Å². The summed E-state index contributed by atoms with van der Waals surface area (Å²) in [5.41, 5.74) is 6.74. The molecule has 0 bridgehead atoms. The summed E-state index contributed by atoms with van der Waals surface area (Å²) in [7, 11) is 0. The highest BCUT2D eigenvalue weighted by molar-refractivity contribution is 9.10. The standard InChI is InChI=1S/C18H21BrN6O2/c1-2-3-4-8-25-16-15(20-11-21-16)17(27)22-18(25)24-23-14(26)10-12-6-5-7-13(19)9-12/h5-7,9,11H,2-4,8,10H2,1H3,(H,20,21)(H,23,26)(H,22,24,27). The molecule has 0 aliphatic carbocycles. The molecule has 0 atom stereocenters. The highest BCUT2D eigenvalue weighted by Gasteiger charge is 2.13. The van der Waals surface area contributed by atoms with Gasteiger partial charge in [-0.2, -0.15) is 4.98 Å². The zero-order chi connectivity index (χ0) is 19.2. The van der Waals surface area contributed by atoms with E-state index in [2.05, 4.69) is 48.7 Å². The third-order valence-electron chi connectivity index (χ3n) is 4.10. The summed E-state index contributed by atoms with van der Waals surface area (Å²) >= 11 is 3.39. The van der Waals surface area contributed by atoms with Crippen LogP contribution in [-0.2, 0) is 17.8 Å². The number of halogens is 1. The first kappa shape index (κ1) is 19.1. The average molecular weight is 433 g/mol. The van der Waals surface area contributed by atoms with E-state index in [0.717, 1.165) is 29.3 Å². The number of hydrogen-bond acceptors (Lipinski definition) is 5. The van der Waals surface area contributed by atoms with Gasteiger partial charge in [-0.15, -0.1) is 0 Å². The van der Waals surface area contributed by atoms with Gasteiger partial charge in [0.2, 0.25) is 11.9 Å². The number of H-pyrrole nitrogens is 1. The number of carbonyl (C=O) groups is 1. The van der Waals surface area contributed by atoms with Crippen LogP contribution in [0.3, 0.4) is 0 Å². The van der Waals surface area contributed by atoms with Gasteiger partial charge in [0, 0.05) is 11.0 Å². The molecular formula is C18H21BrN6O2. The van der Waals surface area contributed by atoms with Gasteiger partial charge >= 0.3 is 5.56 Å². The van der Waals surface area contributed by atoms with Gasteiger partial charge < -0.3 is 4.98 Å². The summed E-state index contributed by atoms with van der Waals surface area (Å²) < 4.78 is 2.72. The molecule has 0 spiro atoms. The lowest BCUT2D eigenvalue weighted by Crippen LogP contribution is -2.34. The quantitative estimate of drug-likeness (QED) is 0.374. The number of anilines is 1. The topological polar surface area (TPSA) is 105 Å². The molecule has 142 valence electrons. The van der Waals surface area contributed by atoms with Crippen LogP contribution in [0.4, 0.5) is 5.95 Å². The zero-order valence-corrected chi connectivity index (χ0v) is 16.5. The van der Waals surface area contributed by atoms with Crippen molar-refractivity contribution in [1.29, 1.82) is 0 Å². The number of amides is 1. The molecule has 2 heterocycles. The Kier molecular flexibility index (Phi) is 6.23. The number of hydrazine groups is 1. The molecule has 8 nitrogen and oxygen atoms in total. The SMILES string of the molecule is CCCCCn1c(NNC(=O)Cc2cccc(Br)c2)nc(=O)c2[nH]cnc21. The fourth-order valence-electron chi connectivity index (χ4n) is 2.79. The van der Waals surface area contributed by atoms with Crippen molar-refractivity contribution in [3.63, 3.8) is 0 Å². The number of imidazole rings is 1. The molecule has 27 heavy (non-hydrogen) atoms. The Morgan fingerprint density at radius 2 is 2.19 bits per heavy atom. The first-order chi connectivity index (χ1) is 13.1. The Morgan fingerprint density at radius 1 is 1.33 bits per heavy atom. The highest BCUT2D eigenvalue weighted by Crippen LogP contribution is 2.14. The second-order valence-corrected chi connectivity index (χ2v) is 7.10. The van der Waals surface area contributed by atoms with E-state index < -0.39 is 5.56 Å². The predicted molar refractivity (Wildman–Crippen MR) is 107 cm³/mol. The third-order valence-corrected chi connectivity index (χ3v) is 4.60. The molecule has 9 heteroatoms. The van der Waals surface area contributed by atoms with Crippen LogP contribution in [0.2, 0.25) is 0 Å². The maximum absolute atomic E-state index is 12.2. The van der Waals surface area contributed by atoms with Crippen LogP contribution in [0.25, 0.3) is 11.2 Å². The predicted octanol–water partition coefficient (Wildman–Crippen LogP) is 2.76. The minimum absolute atomic E-state index is 0.206. The van der Waals surface area contributed by atoms with E-state index in [1.54, 1.807) is 0 Å². The van der Waals surface area contributed by atoms with Crippen LogP contribution in [0.15, 0.2) is 39.9 Å². The first-order valence-corrected chi connectivity index (χ1v) is 9.61.